The van der Waals surface area contributed by atoms with E-state index in [2.05, 4.69) is 21.4 Å². The predicted molar refractivity (Wildman–Crippen MR) is 104 cm³/mol. The van der Waals surface area contributed by atoms with Crippen molar-refractivity contribution in [3.8, 4) is 18.1 Å². The van der Waals surface area contributed by atoms with E-state index in [0.717, 1.165) is 6.42 Å². The molecular weight excluding hydrogens is 370 g/mol. The van der Waals surface area contributed by atoms with E-state index in [-0.39, 0.29) is 12.5 Å². The fourth-order valence-electron chi connectivity index (χ4n) is 2.44. The summed E-state index contributed by atoms with van der Waals surface area (Å²) >= 11 is 1.35. The third-order valence-corrected chi connectivity index (χ3v) is 4.89. The van der Waals surface area contributed by atoms with E-state index in [9.17, 15) is 9.59 Å². The number of ether oxygens (including phenoxy) is 1. The molecule has 2 rings (SSSR count). The lowest BCUT2D eigenvalue weighted by atomic mass is 10.1. The zero-order valence-electron chi connectivity index (χ0n) is 15.1. The molecule has 0 aromatic carbocycles. The van der Waals surface area contributed by atoms with E-state index in [1.807, 2.05) is 6.92 Å². The third kappa shape index (κ3) is 5.62. The summed E-state index contributed by atoms with van der Waals surface area (Å²) in [5.74, 6) is 3.07. The Morgan fingerprint density at radius 1 is 1.63 bits per heavy atom. The van der Waals surface area contributed by atoms with Crippen LogP contribution in [0.1, 0.15) is 38.5 Å². The minimum absolute atomic E-state index is 0.0241. The lowest BCUT2D eigenvalue weighted by Gasteiger charge is -2.19. The predicted octanol–water partition coefficient (Wildman–Crippen LogP) is 1.97. The highest BCUT2D eigenvalue weighted by Gasteiger charge is 2.29. The number of carbonyl (C=O) groups excluding carboxylic acids is 1. The normalized spacial score (nSPS) is 17.7. The van der Waals surface area contributed by atoms with Crippen molar-refractivity contribution in [3.05, 3.63) is 28.3 Å². The molecular formula is C18H21N3O5S. The molecule has 0 saturated heterocycles. The van der Waals surface area contributed by atoms with Crippen molar-refractivity contribution in [3.63, 3.8) is 0 Å². The van der Waals surface area contributed by atoms with E-state index in [0.29, 0.717) is 34.4 Å². The molecule has 27 heavy (non-hydrogen) atoms. The van der Waals surface area contributed by atoms with Gasteiger partial charge in [-0.05, 0) is 13.3 Å². The number of aliphatic imine (C=N–C) groups is 1. The lowest BCUT2D eigenvalue weighted by molar-refractivity contribution is -0.122. The quantitative estimate of drug-likeness (QED) is 0.303. The first-order chi connectivity index (χ1) is 13.0. The summed E-state index contributed by atoms with van der Waals surface area (Å²) in [6.45, 7) is 3.59. The van der Waals surface area contributed by atoms with Gasteiger partial charge < -0.3 is 19.7 Å². The van der Waals surface area contributed by atoms with Crippen LogP contribution in [0.4, 0.5) is 0 Å². The Bertz CT molecular complexity index is 840. The van der Waals surface area contributed by atoms with Gasteiger partial charge in [0.15, 0.2) is 0 Å². The number of nitrogens with zero attached hydrogens (tertiary/aromatic N) is 2. The van der Waals surface area contributed by atoms with Crippen LogP contribution in [0.2, 0.25) is 0 Å². The van der Waals surface area contributed by atoms with Crippen LogP contribution in [-0.2, 0) is 4.79 Å². The Balaban J connectivity index is 2.17. The van der Waals surface area contributed by atoms with Crippen molar-refractivity contribution in [1.29, 1.82) is 0 Å². The van der Waals surface area contributed by atoms with Gasteiger partial charge in [0.2, 0.25) is 5.91 Å². The van der Waals surface area contributed by atoms with Gasteiger partial charge in [-0.3, -0.25) is 9.79 Å². The number of thioether (sulfide) groups is 1. The van der Waals surface area contributed by atoms with Gasteiger partial charge in [-0.2, -0.15) is 0 Å². The van der Waals surface area contributed by atoms with Crippen molar-refractivity contribution in [2.75, 3.05) is 12.4 Å². The first-order valence-electron chi connectivity index (χ1n) is 8.39. The van der Waals surface area contributed by atoms with Gasteiger partial charge in [-0.1, -0.05) is 24.4 Å². The van der Waals surface area contributed by atoms with Crippen LogP contribution in [0.25, 0.3) is 0 Å². The minimum atomic E-state index is -0.603. The summed E-state index contributed by atoms with van der Waals surface area (Å²) in [5.41, 5.74) is -0.217. The van der Waals surface area contributed by atoms with Gasteiger partial charge in [0, 0.05) is 11.8 Å². The zero-order valence-corrected chi connectivity index (χ0v) is 15.9. The molecule has 2 unspecified atom stereocenters. The van der Waals surface area contributed by atoms with Crippen molar-refractivity contribution < 1.29 is 19.2 Å². The summed E-state index contributed by atoms with van der Waals surface area (Å²) < 4.78 is 10.5. The molecule has 0 spiro atoms. The Labute approximate surface area is 161 Å². The van der Waals surface area contributed by atoms with E-state index < -0.39 is 17.7 Å². The number of carbonyl (C=O) groups is 1. The molecule has 2 heterocycles. The minimum Gasteiger partial charge on any atom is -0.481 e. The summed E-state index contributed by atoms with van der Waals surface area (Å²) in [6.07, 6.45) is 6.49. The van der Waals surface area contributed by atoms with Crippen molar-refractivity contribution >= 4 is 28.4 Å². The van der Waals surface area contributed by atoms with E-state index in [1.165, 1.54) is 17.8 Å². The first kappa shape index (κ1) is 20.6. The van der Waals surface area contributed by atoms with Gasteiger partial charge in [-0.15, -0.1) is 18.2 Å². The molecule has 0 saturated carbocycles. The first-order valence-corrected chi connectivity index (χ1v) is 9.38. The fraction of sp³-hybridized carbons (Fsp3) is 0.444. The highest BCUT2D eigenvalue weighted by atomic mass is 32.2. The average Bonchev–Trinajstić information content (AvgIpc) is 3.15. The monoisotopic (exact) mass is 391 g/mol. The molecule has 8 nitrogen and oxygen atoms in total. The Morgan fingerprint density at radius 2 is 2.41 bits per heavy atom. The zero-order chi connectivity index (χ0) is 19.8. The van der Waals surface area contributed by atoms with Crippen LogP contribution in [-0.4, -0.2) is 40.3 Å². The van der Waals surface area contributed by atoms with Crippen LogP contribution in [0, 0.1) is 12.3 Å². The SMILES string of the molecule is C#CCOc1cc(C(CCC)NC(=O)C2CSC(/C(C)=N\O)=N2)oc(=O)c1. The molecule has 1 aromatic heterocycles. The van der Waals surface area contributed by atoms with E-state index in [4.69, 9.17) is 20.8 Å². The number of hydrogen-bond acceptors (Lipinski definition) is 8. The topological polar surface area (TPSA) is 113 Å². The smallest absolute Gasteiger partial charge is 0.339 e. The van der Waals surface area contributed by atoms with Crippen LogP contribution < -0.4 is 15.7 Å². The molecule has 1 aromatic rings. The lowest BCUT2D eigenvalue weighted by Crippen LogP contribution is -2.37. The van der Waals surface area contributed by atoms with E-state index >= 15 is 0 Å². The summed E-state index contributed by atoms with van der Waals surface area (Å²) in [4.78, 5) is 28.7. The van der Waals surface area contributed by atoms with Crippen molar-refractivity contribution in [2.45, 2.75) is 38.8 Å². The fourth-order valence-corrected chi connectivity index (χ4v) is 3.44. The van der Waals surface area contributed by atoms with Crippen molar-refractivity contribution in [2.24, 2.45) is 10.1 Å². The molecule has 0 aliphatic carbocycles. The standard InChI is InChI=1S/C18H21N3O5S/c1-4-6-13(15-8-12(25-7-5-2)9-16(22)26-15)19-17(23)14-10-27-18(20-14)11(3)21-24/h2,8-9,13-14,24H,4,6-7,10H2,1,3H3,(H,19,23)/b21-11-. The van der Waals surface area contributed by atoms with Gasteiger partial charge in [0.1, 0.15) is 34.9 Å². The highest BCUT2D eigenvalue weighted by Crippen LogP contribution is 2.24. The molecule has 2 atom stereocenters. The number of amides is 1. The number of oxime groups is 1. The number of terminal acetylenes is 1. The average molecular weight is 391 g/mol. The van der Waals surface area contributed by atoms with Crippen LogP contribution in [0.15, 0.2) is 31.5 Å². The third-order valence-electron chi connectivity index (χ3n) is 3.74. The molecule has 1 amide bonds. The van der Waals surface area contributed by atoms with E-state index in [1.54, 1.807) is 13.0 Å². The maximum absolute atomic E-state index is 12.6. The maximum atomic E-state index is 12.6. The number of rotatable bonds is 8. The largest absolute Gasteiger partial charge is 0.481 e. The second-order valence-corrected chi connectivity index (χ2v) is 6.81. The Kier molecular flexibility index (Phi) is 7.49. The Hall–Kier alpha value is -2.73. The second-order valence-electron chi connectivity index (χ2n) is 5.80. The summed E-state index contributed by atoms with van der Waals surface area (Å²) in [6, 6.07) is 1.66. The molecule has 0 radical (unpaired) electrons. The van der Waals surface area contributed by atoms with Crippen LogP contribution in [0.3, 0.4) is 0 Å². The van der Waals surface area contributed by atoms with Gasteiger partial charge in [-0.25, -0.2) is 4.79 Å². The maximum Gasteiger partial charge on any atom is 0.339 e. The van der Waals surface area contributed by atoms with Crippen LogP contribution >= 0.6 is 11.8 Å². The van der Waals surface area contributed by atoms with Gasteiger partial charge >= 0.3 is 5.63 Å². The molecule has 1 aliphatic heterocycles. The van der Waals surface area contributed by atoms with Crippen LogP contribution in [0.5, 0.6) is 5.75 Å². The molecule has 2 N–H and O–H groups in total. The molecule has 0 fully saturated rings. The highest BCUT2D eigenvalue weighted by molar-refractivity contribution is 8.16. The molecule has 0 bridgehead atoms. The van der Waals surface area contributed by atoms with Crippen molar-refractivity contribution in [1.82, 2.24) is 5.32 Å². The van der Waals surface area contributed by atoms with Gasteiger partial charge in [0.25, 0.3) is 0 Å². The molecule has 144 valence electrons. The summed E-state index contributed by atoms with van der Waals surface area (Å²) in [7, 11) is 0. The summed E-state index contributed by atoms with van der Waals surface area (Å²) in [5, 5.41) is 15.3. The number of hydrogen-bond donors (Lipinski definition) is 2. The molecule has 9 heteroatoms. The van der Waals surface area contributed by atoms with Gasteiger partial charge in [0.05, 0.1) is 12.1 Å². The number of nitrogens with one attached hydrogen (secondary N) is 1. The Morgan fingerprint density at radius 3 is 3.07 bits per heavy atom. The molecule has 1 aliphatic rings. The second kappa shape index (κ2) is 9.83.